The van der Waals surface area contributed by atoms with E-state index >= 15 is 0 Å². The van der Waals surface area contributed by atoms with E-state index in [0.717, 1.165) is 77.9 Å². The van der Waals surface area contributed by atoms with Crippen molar-refractivity contribution in [1.29, 1.82) is 0 Å². The fourth-order valence-corrected chi connectivity index (χ4v) is 13.1. The van der Waals surface area contributed by atoms with Crippen LogP contribution in [0.1, 0.15) is 83.5 Å². The van der Waals surface area contributed by atoms with Gasteiger partial charge in [-0.1, -0.05) is 243 Å². The van der Waals surface area contributed by atoms with Gasteiger partial charge in [0.05, 0.1) is 6.61 Å². The molecule has 0 bridgehead atoms. The van der Waals surface area contributed by atoms with Gasteiger partial charge >= 0.3 is 0 Å². The Kier molecular flexibility index (Phi) is 28.5. The molecule has 15 aromatic rings. The van der Waals surface area contributed by atoms with Gasteiger partial charge in [-0.15, -0.1) is 0 Å². The fraction of sp³-hybridized carbons (Fsp3) is 0.143. The fourth-order valence-electron chi connectivity index (χ4n) is 13.1. The van der Waals surface area contributed by atoms with Gasteiger partial charge in [-0.2, -0.15) is 0 Å². The van der Waals surface area contributed by atoms with Crippen LogP contribution in [0.5, 0.6) is 80.5 Å². The van der Waals surface area contributed by atoms with E-state index < -0.39 is 0 Å². The van der Waals surface area contributed by atoms with E-state index in [1.165, 1.54) is 0 Å². The zero-order valence-electron chi connectivity index (χ0n) is 66.5. The molecule has 0 aliphatic heterocycles. The third-order valence-corrected chi connectivity index (χ3v) is 19.2. The molecule has 0 aliphatic rings. The topological polar surface area (TPSA) is 149 Å². The number of hydrogen-bond acceptors (Lipinski definition) is 15. The van der Waals surface area contributed by atoms with Crippen molar-refractivity contribution in [2.75, 3.05) is 0 Å². The molecular weight excluding hydrogens is 1500 g/mol. The summed E-state index contributed by atoms with van der Waals surface area (Å²) in [5.74, 6) is 7.98. The average Bonchev–Trinajstić information content (AvgIpc) is 0.847. The second-order valence-corrected chi connectivity index (χ2v) is 28.8. The molecule has 0 atom stereocenters. The van der Waals surface area contributed by atoms with Crippen LogP contribution in [0, 0.1) is 0 Å². The van der Waals surface area contributed by atoms with Crippen LogP contribution in [0.2, 0.25) is 0 Å². The number of aliphatic hydroxyl groups is 1. The molecule has 0 heterocycles. The number of hydrogen-bond donors (Lipinski definition) is 1. The molecule has 0 amide bonds. The number of aliphatic hydroxyl groups excluding tert-OH is 1. The van der Waals surface area contributed by atoms with Gasteiger partial charge in [0.1, 0.15) is 173 Å². The quantitative estimate of drug-likeness (QED) is 0.0386. The van der Waals surface area contributed by atoms with Gasteiger partial charge in [-0.3, -0.25) is 0 Å². The summed E-state index contributed by atoms with van der Waals surface area (Å²) in [6.45, 7) is 3.31. The molecule has 0 spiro atoms. The first-order valence-electron chi connectivity index (χ1n) is 39.9. The van der Waals surface area contributed by atoms with Gasteiger partial charge in [-0.25, -0.2) is 0 Å². The lowest BCUT2D eigenvalue weighted by Gasteiger charge is -2.17. The lowest BCUT2D eigenvalue weighted by atomic mass is 10.1. The standard InChI is InChI=1S/C105H92O15/c106-62-85-41-92(115-71-90-51-102(117-73-86-43-94(107-63-77-25-9-1-10-26-77)56-95(44-86)108-64-78-27-11-2-12-28-78)60-103(52-90)118-74-87-45-96(109-65-79-29-13-3-14-30-79)57-97(46-87)110-66-80-31-15-4-16-32-80)55-93(42-85)116-72-91-53-104(119-75-88-47-98(111-67-81-33-17-5-18-34-81)58-99(48-88)112-68-82-35-19-6-20-36-82)61-105(54-91)120-76-89-49-100(113-69-83-37-21-7-22-38-83)59-101(50-89)114-70-84-39-23-8-24-40-84/h1-61,106H,62-76H2. The van der Waals surface area contributed by atoms with Crippen molar-refractivity contribution in [1.82, 2.24) is 0 Å². The minimum absolute atomic E-state index is 0.0634. The van der Waals surface area contributed by atoms with Gasteiger partial charge in [0, 0.05) is 42.5 Å². The summed E-state index contributed by atoms with van der Waals surface area (Å²) in [6, 6.07) is 120. The molecule has 602 valence electrons. The molecule has 0 unspecified atom stereocenters. The zero-order valence-corrected chi connectivity index (χ0v) is 66.5. The molecule has 0 aliphatic carbocycles. The van der Waals surface area contributed by atoms with Crippen molar-refractivity contribution in [2.45, 2.75) is 99.1 Å². The Morgan fingerprint density at radius 3 is 0.325 bits per heavy atom. The highest BCUT2D eigenvalue weighted by molar-refractivity contribution is 5.47. The van der Waals surface area contributed by atoms with Crippen molar-refractivity contribution in [3.63, 3.8) is 0 Å². The van der Waals surface area contributed by atoms with Crippen LogP contribution in [0.4, 0.5) is 0 Å². The number of ether oxygens (including phenoxy) is 14. The molecule has 120 heavy (non-hydrogen) atoms. The first-order chi connectivity index (χ1) is 59.2. The summed E-state index contributed by atoms with van der Waals surface area (Å²) in [5.41, 5.74) is 13.5. The van der Waals surface area contributed by atoms with E-state index in [2.05, 4.69) is 0 Å². The van der Waals surface area contributed by atoms with Gasteiger partial charge in [0.25, 0.3) is 0 Å². The van der Waals surface area contributed by atoms with Crippen LogP contribution >= 0.6 is 0 Å². The van der Waals surface area contributed by atoms with Crippen LogP contribution in [0.15, 0.2) is 370 Å². The predicted molar refractivity (Wildman–Crippen MR) is 463 cm³/mol. The van der Waals surface area contributed by atoms with E-state index in [9.17, 15) is 5.11 Å². The van der Waals surface area contributed by atoms with Gasteiger partial charge in [0.2, 0.25) is 0 Å². The normalized spacial score (nSPS) is 10.9. The Labute approximate surface area is 700 Å². The Morgan fingerprint density at radius 2 is 0.217 bits per heavy atom. The molecule has 15 heteroatoms. The minimum Gasteiger partial charge on any atom is -0.489 e. The SMILES string of the molecule is OCc1cc(OCc2cc(OCc3cc(OCc4ccccc4)cc(OCc4ccccc4)c3)cc(OCc3cc(OCc4ccccc4)cc(OCc4ccccc4)c3)c2)cc(OCc2cc(OCc3cc(OCc4ccccc4)cc(OCc4ccccc4)c3)cc(OCc3cc(OCc4ccccc4)cc(OCc4ccccc4)c3)c2)c1. The third kappa shape index (κ3) is 25.7. The predicted octanol–water partition coefficient (Wildman–Crippen LogP) is 23.3. The highest BCUT2D eigenvalue weighted by Gasteiger charge is 2.17. The molecule has 0 saturated heterocycles. The molecule has 0 radical (unpaired) electrons. The molecule has 15 rings (SSSR count). The van der Waals surface area contributed by atoms with Crippen molar-refractivity contribution in [2.24, 2.45) is 0 Å². The van der Waals surface area contributed by atoms with E-state index in [-0.39, 0.29) is 46.2 Å². The van der Waals surface area contributed by atoms with E-state index in [0.29, 0.717) is 139 Å². The lowest BCUT2D eigenvalue weighted by molar-refractivity contribution is 0.266. The molecule has 15 nitrogen and oxygen atoms in total. The summed E-state index contributed by atoms with van der Waals surface area (Å²) in [6.07, 6.45) is 0. The lowest BCUT2D eigenvalue weighted by Crippen LogP contribution is -2.04. The molecule has 0 fully saturated rings. The van der Waals surface area contributed by atoms with Crippen LogP contribution < -0.4 is 66.3 Å². The first-order valence-corrected chi connectivity index (χ1v) is 39.9. The van der Waals surface area contributed by atoms with Gasteiger partial charge in [-0.05, 0) is 168 Å². The van der Waals surface area contributed by atoms with Crippen molar-refractivity contribution >= 4 is 0 Å². The van der Waals surface area contributed by atoms with Crippen LogP contribution in [0.25, 0.3) is 0 Å². The maximum Gasteiger partial charge on any atom is 0.123 e. The Balaban J connectivity index is 0.697. The highest BCUT2D eigenvalue weighted by Crippen LogP contribution is 2.36. The second-order valence-electron chi connectivity index (χ2n) is 28.8. The van der Waals surface area contributed by atoms with Crippen molar-refractivity contribution in [3.8, 4) is 80.5 Å². The van der Waals surface area contributed by atoms with Crippen LogP contribution in [-0.4, -0.2) is 5.11 Å². The monoisotopic (exact) mass is 1590 g/mol. The Morgan fingerprint density at radius 1 is 0.117 bits per heavy atom. The van der Waals surface area contributed by atoms with Gasteiger partial charge in [0.15, 0.2) is 0 Å². The molecule has 1 N–H and O–H groups in total. The summed E-state index contributed by atoms with van der Waals surface area (Å²) in [5, 5.41) is 10.9. The maximum absolute atomic E-state index is 10.9. The van der Waals surface area contributed by atoms with Crippen molar-refractivity contribution in [3.05, 3.63) is 454 Å². The largest absolute Gasteiger partial charge is 0.489 e. The highest BCUT2D eigenvalue weighted by atomic mass is 16.5. The van der Waals surface area contributed by atoms with E-state index in [1.807, 2.05) is 352 Å². The Hall–Kier alpha value is -14.5. The van der Waals surface area contributed by atoms with Gasteiger partial charge < -0.3 is 71.4 Å². The second kappa shape index (κ2) is 42.4. The van der Waals surface area contributed by atoms with Crippen LogP contribution in [0.3, 0.4) is 0 Å². The van der Waals surface area contributed by atoms with Crippen molar-refractivity contribution < 1.29 is 71.4 Å². The number of rotatable bonds is 43. The molecule has 15 aromatic carbocycles. The summed E-state index contributed by atoms with van der Waals surface area (Å²) in [7, 11) is 0. The summed E-state index contributed by atoms with van der Waals surface area (Å²) < 4.78 is 91.7. The number of benzene rings is 15. The summed E-state index contributed by atoms with van der Waals surface area (Å²) >= 11 is 0. The maximum atomic E-state index is 10.9. The zero-order chi connectivity index (χ0) is 81.4. The molecule has 0 saturated carbocycles. The summed E-state index contributed by atoms with van der Waals surface area (Å²) in [4.78, 5) is 0. The third-order valence-electron chi connectivity index (χ3n) is 19.2. The Bertz CT molecular complexity index is 4760. The molecular formula is C105H92O15. The van der Waals surface area contributed by atoms with Crippen LogP contribution in [-0.2, 0) is 99.1 Å². The van der Waals surface area contributed by atoms with E-state index in [4.69, 9.17) is 66.3 Å². The molecule has 0 aromatic heterocycles. The minimum atomic E-state index is -0.291. The first kappa shape index (κ1) is 80.6. The van der Waals surface area contributed by atoms with E-state index in [1.54, 1.807) is 18.2 Å². The average molecular weight is 1590 g/mol. The smallest absolute Gasteiger partial charge is 0.123 e.